The maximum Gasteiger partial charge on any atom is 0.240 e. The van der Waals surface area contributed by atoms with Gasteiger partial charge in [0.05, 0.1) is 17.9 Å². The summed E-state index contributed by atoms with van der Waals surface area (Å²) in [5.41, 5.74) is 6.60. The number of morpholine rings is 1. The number of anilines is 2. The average Bonchev–Trinajstić information content (AvgIpc) is 2.26. The number of sulfonamides is 1. The summed E-state index contributed by atoms with van der Waals surface area (Å²) >= 11 is 0. The van der Waals surface area contributed by atoms with Crippen LogP contribution >= 0.6 is 0 Å². The van der Waals surface area contributed by atoms with E-state index in [-0.39, 0.29) is 17.1 Å². The molecule has 1 saturated heterocycles. The van der Waals surface area contributed by atoms with Gasteiger partial charge in [0.2, 0.25) is 10.0 Å². The molecule has 0 radical (unpaired) electrons. The number of nitrogen functional groups attached to an aromatic ring is 1. The Kier molecular flexibility index (Phi) is 3.71. The van der Waals surface area contributed by atoms with Crippen molar-refractivity contribution < 1.29 is 13.2 Å². The van der Waals surface area contributed by atoms with Gasteiger partial charge in [0.25, 0.3) is 0 Å². The minimum atomic E-state index is -3.80. The van der Waals surface area contributed by atoms with Crippen molar-refractivity contribution in [2.24, 2.45) is 5.14 Å². The number of hydrogen-bond donors (Lipinski definition) is 2. The highest BCUT2D eigenvalue weighted by Crippen LogP contribution is 2.29. The maximum absolute atomic E-state index is 11.7. The number of benzene rings is 1. The molecule has 2 atom stereocenters. The van der Waals surface area contributed by atoms with Gasteiger partial charge in [0.15, 0.2) is 0 Å². The lowest BCUT2D eigenvalue weighted by molar-refractivity contribution is -0.00537. The number of primary sulfonamides is 1. The van der Waals surface area contributed by atoms with Gasteiger partial charge in [-0.15, -0.1) is 0 Å². The summed E-state index contributed by atoms with van der Waals surface area (Å²) in [6.07, 6.45) is 0.0734. The number of nitrogens with zero attached hydrogens (tertiary/aromatic N) is 1. The van der Waals surface area contributed by atoms with Crippen LogP contribution in [0.25, 0.3) is 0 Å². The second-order valence-corrected chi connectivity index (χ2v) is 6.46. The molecule has 0 bridgehead atoms. The Morgan fingerprint density at radius 2 is 1.84 bits per heavy atom. The summed E-state index contributed by atoms with van der Waals surface area (Å²) in [7, 11) is -3.80. The van der Waals surface area contributed by atoms with Crippen LogP contribution in [0.4, 0.5) is 11.4 Å². The second-order valence-electron chi connectivity index (χ2n) is 4.93. The third kappa shape index (κ3) is 3.17. The molecule has 0 spiro atoms. The molecule has 1 aliphatic heterocycles. The van der Waals surface area contributed by atoms with Crippen LogP contribution in [0, 0.1) is 0 Å². The lowest BCUT2D eigenvalue weighted by atomic mass is 10.2. The van der Waals surface area contributed by atoms with Crippen LogP contribution in [0.2, 0.25) is 0 Å². The topological polar surface area (TPSA) is 98.6 Å². The normalized spacial score (nSPS) is 24.5. The number of ether oxygens (including phenoxy) is 1. The molecule has 2 rings (SSSR count). The fourth-order valence-corrected chi connectivity index (χ4v) is 3.18. The molecule has 0 saturated carbocycles. The molecule has 0 aliphatic carbocycles. The number of rotatable bonds is 2. The molecule has 4 N–H and O–H groups in total. The van der Waals surface area contributed by atoms with E-state index in [0.717, 1.165) is 0 Å². The monoisotopic (exact) mass is 285 g/mol. The van der Waals surface area contributed by atoms with E-state index in [2.05, 4.69) is 0 Å². The molecule has 0 amide bonds. The molecule has 7 heteroatoms. The first-order valence-corrected chi connectivity index (χ1v) is 7.64. The smallest absolute Gasteiger partial charge is 0.240 e. The first kappa shape index (κ1) is 14.1. The Morgan fingerprint density at radius 3 is 2.37 bits per heavy atom. The van der Waals surface area contributed by atoms with Gasteiger partial charge < -0.3 is 15.4 Å². The average molecular weight is 285 g/mol. The predicted molar refractivity (Wildman–Crippen MR) is 74.4 cm³/mol. The summed E-state index contributed by atoms with van der Waals surface area (Å²) in [4.78, 5) is 2.03. The Bertz CT molecular complexity index is 564. The van der Waals surface area contributed by atoms with Crippen LogP contribution in [-0.2, 0) is 14.8 Å². The highest BCUT2D eigenvalue weighted by atomic mass is 32.2. The zero-order valence-electron chi connectivity index (χ0n) is 11.0. The van der Waals surface area contributed by atoms with E-state index in [4.69, 9.17) is 15.6 Å². The molecule has 1 heterocycles. The minimum absolute atomic E-state index is 0.0367. The van der Waals surface area contributed by atoms with Crippen LogP contribution < -0.4 is 15.8 Å². The molecule has 0 unspecified atom stereocenters. The maximum atomic E-state index is 11.7. The summed E-state index contributed by atoms with van der Waals surface area (Å²) in [5, 5.41) is 5.26. The third-order valence-electron chi connectivity index (χ3n) is 3.05. The van der Waals surface area contributed by atoms with Crippen LogP contribution in [0.1, 0.15) is 13.8 Å². The number of nitrogens with two attached hydrogens (primary N) is 2. The van der Waals surface area contributed by atoms with Crippen molar-refractivity contribution in [2.75, 3.05) is 23.7 Å². The minimum Gasteiger partial charge on any atom is -0.399 e. The Labute approximate surface area is 113 Å². The van der Waals surface area contributed by atoms with E-state index >= 15 is 0 Å². The Hall–Kier alpha value is -1.31. The van der Waals surface area contributed by atoms with Crippen molar-refractivity contribution in [1.82, 2.24) is 0 Å². The molecule has 106 valence electrons. The molecule has 1 aliphatic rings. The molecule has 1 fully saturated rings. The Morgan fingerprint density at radius 1 is 1.26 bits per heavy atom. The zero-order valence-corrected chi connectivity index (χ0v) is 11.9. The lowest BCUT2D eigenvalue weighted by Gasteiger charge is -2.37. The van der Waals surface area contributed by atoms with Gasteiger partial charge in [-0.2, -0.15) is 0 Å². The first-order chi connectivity index (χ1) is 8.77. The van der Waals surface area contributed by atoms with E-state index in [9.17, 15) is 8.42 Å². The van der Waals surface area contributed by atoms with Crippen molar-refractivity contribution in [2.45, 2.75) is 31.0 Å². The quantitative estimate of drug-likeness (QED) is 0.772. The molecular formula is C12H19N3O3S. The summed E-state index contributed by atoms with van der Waals surface area (Å²) in [6, 6.07) is 4.77. The van der Waals surface area contributed by atoms with Gasteiger partial charge in [-0.25, -0.2) is 13.6 Å². The van der Waals surface area contributed by atoms with Gasteiger partial charge in [-0.3, -0.25) is 0 Å². The van der Waals surface area contributed by atoms with Gasteiger partial charge in [0, 0.05) is 18.8 Å². The molecule has 1 aromatic rings. The standard InChI is InChI=1S/C12H19N3O3S/c1-8-6-15(7-9(2)18-8)11-4-3-10(13)5-12(11)19(14,16)17/h3-5,8-9H,6-7,13H2,1-2H3,(H2,14,16,17)/t8-,9+. The van der Waals surface area contributed by atoms with Crippen LogP contribution in [-0.4, -0.2) is 33.7 Å². The fourth-order valence-electron chi connectivity index (χ4n) is 2.39. The summed E-state index contributed by atoms with van der Waals surface area (Å²) < 4.78 is 29.0. The Balaban J connectivity index is 2.44. The molecule has 0 aromatic heterocycles. The summed E-state index contributed by atoms with van der Waals surface area (Å²) in [5.74, 6) is 0. The van der Waals surface area contributed by atoms with Crippen molar-refractivity contribution in [1.29, 1.82) is 0 Å². The van der Waals surface area contributed by atoms with Crippen LogP contribution in [0.3, 0.4) is 0 Å². The molecule has 19 heavy (non-hydrogen) atoms. The van der Waals surface area contributed by atoms with Crippen molar-refractivity contribution in [3.63, 3.8) is 0 Å². The van der Waals surface area contributed by atoms with Crippen LogP contribution in [0.5, 0.6) is 0 Å². The van der Waals surface area contributed by atoms with E-state index in [1.54, 1.807) is 12.1 Å². The fraction of sp³-hybridized carbons (Fsp3) is 0.500. The van der Waals surface area contributed by atoms with Gasteiger partial charge in [-0.05, 0) is 32.0 Å². The molecule has 6 nitrogen and oxygen atoms in total. The second kappa shape index (κ2) is 4.99. The predicted octanol–water partition coefficient (Wildman–Crippen LogP) is 0.530. The van der Waals surface area contributed by atoms with Gasteiger partial charge >= 0.3 is 0 Å². The third-order valence-corrected chi connectivity index (χ3v) is 3.99. The SMILES string of the molecule is C[C@@H]1CN(c2ccc(N)cc2S(N)(=O)=O)C[C@H](C)O1. The van der Waals surface area contributed by atoms with Gasteiger partial charge in [0.1, 0.15) is 4.90 Å². The van der Waals surface area contributed by atoms with Crippen LogP contribution in [0.15, 0.2) is 23.1 Å². The van der Waals surface area contributed by atoms with Gasteiger partial charge in [-0.1, -0.05) is 0 Å². The largest absolute Gasteiger partial charge is 0.399 e. The number of hydrogen-bond acceptors (Lipinski definition) is 5. The van der Waals surface area contributed by atoms with E-state index < -0.39 is 10.0 Å². The zero-order chi connectivity index (χ0) is 14.2. The highest BCUT2D eigenvalue weighted by Gasteiger charge is 2.26. The van der Waals surface area contributed by atoms with Crippen molar-refractivity contribution >= 4 is 21.4 Å². The lowest BCUT2D eigenvalue weighted by Crippen LogP contribution is -2.46. The first-order valence-electron chi connectivity index (χ1n) is 6.10. The molecule has 1 aromatic carbocycles. The molecular weight excluding hydrogens is 266 g/mol. The van der Waals surface area contributed by atoms with Crippen molar-refractivity contribution in [3.8, 4) is 0 Å². The van der Waals surface area contributed by atoms with E-state index in [0.29, 0.717) is 24.5 Å². The van der Waals surface area contributed by atoms with E-state index in [1.165, 1.54) is 6.07 Å². The van der Waals surface area contributed by atoms with E-state index in [1.807, 2.05) is 18.7 Å². The highest BCUT2D eigenvalue weighted by molar-refractivity contribution is 7.89. The van der Waals surface area contributed by atoms with Crippen molar-refractivity contribution in [3.05, 3.63) is 18.2 Å². The summed E-state index contributed by atoms with van der Waals surface area (Å²) in [6.45, 7) is 5.15.